The van der Waals surface area contributed by atoms with Crippen molar-refractivity contribution in [1.82, 2.24) is 35.2 Å². The van der Waals surface area contributed by atoms with Gasteiger partial charge in [-0.3, -0.25) is 38.8 Å². The van der Waals surface area contributed by atoms with E-state index in [2.05, 4.69) is 25.5 Å². The van der Waals surface area contributed by atoms with Gasteiger partial charge in [0.15, 0.2) is 11.7 Å². The summed E-state index contributed by atoms with van der Waals surface area (Å²) in [7, 11) is 3.59. The van der Waals surface area contributed by atoms with Gasteiger partial charge in [-0.2, -0.15) is 0 Å². The third-order valence-electron chi connectivity index (χ3n) is 9.69. The Morgan fingerprint density at radius 1 is 1.00 bits per heavy atom. The van der Waals surface area contributed by atoms with Crippen LogP contribution in [0.3, 0.4) is 0 Å². The van der Waals surface area contributed by atoms with Crippen molar-refractivity contribution in [3.8, 4) is 5.75 Å². The molecule has 1 atom stereocenters. The van der Waals surface area contributed by atoms with Crippen LogP contribution < -0.4 is 21.1 Å². The Morgan fingerprint density at radius 2 is 1.75 bits per heavy atom. The van der Waals surface area contributed by atoms with E-state index in [9.17, 15) is 32.8 Å². The minimum atomic E-state index is -2.90. The number of hydrogen-bond donors (Lipinski definition) is 3. The van der Waals surface area contributed by atoms with Crippen molar-refractivity contribution in [1.29, 1.82) is 0 Å². The quantitative estimate of drug-likeness (QED) is 0.115. The molecule has 2 fully saturated rings. The SMILES string of the molecule is CC(C)C(=O)[C@H](CCCN=C(N)N(C)C)NC(=O)CCC(=O)N1CCN(CCCOc2ccc3nccc(C(=O)NCC(=O)N4CCC(F)(F)C4)c3c2)CC1. The van der Waals surface area contributed by atoms with Crippen LogP contribution in [0.15, 0.2) is 35.5 Å². The molecule has 0 saturated carbocycles. The fourth-order valence-electron chi connectivity index (χ4n) is 6.39. The highest BCUT2D eigenvalue weighted by atomic mass is 19.3. The summed E-state index contributed by atoms with van der Waals surface area (Å²) < 4.78 is 33.0. The molecule has 4 rings (SSSR count). The van der Waals surface area contributed by atoms with Gasteiger partial charge in [0, 0.05) is 96.7 Å². The maximum absolute atomic E-state index is 13.5. The lowest BCUT2D eigenvalue weighted by Gasteiger charge is -2.34. The highest BCUT2D eigenvalue weighted by Crippen LogP contribution is 2.27. The molecule has 0 unspecified atom stereocenters. The summed E-state index contributed by atoms with van der Waals surface area (Å²) in [5, 5.41) is 5.90. The molecule has 2 aliphatic heterocycles. The van der Waals surface area contributed by atoms with E-state index in [1.807, 2.05) is 0 Å². The van der Waals surface area contributed by atoms with Crippen molar-refractivity contribution in [2.45, 2.75) is 64.3 Å². The molecule has 4 N–H and O–H groups in total. The van der Waals surface area contributed by atoms with Gasteiger partial charge in [-0.1, -0.05) is 13.8 Å². The second-order valence-corrected chi connectivity index (χ2v) is 14.5. The summed E-state index contributed by atoms with van der Waals surface area (Å²) >= 11 is 0. The number of aliphatic imine (C=N–C) groups is 1. The number of guanidine groups is 1. The van der Waals surface area contributed by atoms with Gasteiger partial charge in [-0.25, -0.2) is 8.78 Å². The highest BCUT2D eigenvalue weighted by Gasteiger charge is 2.40. The summed E-state index contributed by atoms with van der Waals surface area (Å²) in [5.41, 5.74) is 6.68. The van der Waals surface area contributed by atoms with Gasteiger partial charge in [-0.15, -0.1) is 0 Å². The molecule has 1 aromatic heterocycles. The first-order chi connectivity index (χ1) is 26.1. The highest BCUT2D eigenvalue weighted by molar-refractivity contribution is 6.07. The van der Waals surface area contributed by atoms with E-state index in [0.29, 0.717) is 74.8 Å². The second-order valence-electron chi connectivity index (χ2n) is 14.5. The predicted molar refractivity (Wildman–Crippen MR) is 204 cm³/mol. The Kier molecular flexibility index (Phi) is 15.7. The van der Waals surface area contributed by atoms with E-state index in [-0.39, 0.29) is 61.4 Å². The Morgan fingerprint density at radius 3 is 2.42 bits per heavy atom. The molecule has 2 aromatic rings. The number of pyridine rings is 1. The molecular formula is C38H55F2N9O6. The number of ketones is 1. The maximum atomic E-state index is 13.5. The minimum absolute atomic E-state index is 0.00313. The van der Waals surface area contributed by atoms with Crippen LogP contribution in [0.1, 0.15) is 62.7 Å². The Labute approximate surface area is 321 Å². The van der Waals surface area contributed by atoms with E-state index in [4.69, 9.17) is 10.5 Å². The van der Waals surface area contributed by atoms with Crippen molar-refractivity contribution in [2.75, 3.05) is 79.6 Å². The molecule has 0 spiro atoms. The van der Waals surface area contributed by atoms with Gasteiger partial charge in [0.1, 0.15) is 5.75 Å². The molecule has 0 bridgehead atoms. The smallest absolute Gasteiger partial charge is 0.267 e. The fourth-order valence-corrected chi connectivity index (χ4v) is 6.39. The number of nitrogens with one attached hydrogen (secondary N) is 2. The number of piperazine rings is 1. The third kappa shape index (κ3) is 13.1. The largest absolute Gasteiger partial charge is 0.494 e. The van der Waals surface area contributed by atoms with E-state index in [0.717, 1.165) is 17.9 Å². The van der Waals surface area contributed by atoms with Gasteiger partial charge < -0.3 is 35.8 Å². The summed E-state index contributed by atoms with van der Waals surface area (Å²) in [4.78, 5) is 79.1. The molecule has 17 heteroatoms. The Balaban J connectivity index is 1.15. The summed E-state index contributed by atoms with van der Waals surface area (Å²) in [6.07, 6.45) is 2.91. The normalized spacial score (nSPS) is 16.6. The van der Waals surface area contributed by atoms with Gasteiger partial charge >= 0.3 is 0 Å². The molecule has 2 aliphatic rings. The van der Waals surface area contributed by atoms with Gasteiger partial charge in [0.25, 0.3) is 11.8 Å². The molecule has 15 nitrogen and oxygen atoms in total. The van der Waals surface area contributed by atoms with E-state index in [1.165, 1.54) is 12.3 Å². The van der Waals surface area contributed by atoms with E-state index >= 15 is 0 Å². The van der Waals surface area contributed by atoms with Crippen LogP contribution in [0.2, 0.25) is 0 Å². The molecule has 1 aromatic carbocycles. The number of alkyl halides is 2. The molecule has 55 heavy (non-hydrogen) atoms. The van der Waals surface area contributed by atoms with Gasteiger partial charge in [0.05, 0.1) is 36.8 Å². The van der Waals surface area contributed by atoms with Crippen LogP contribution in [0.4, 0.5) is 8.78 Å². The van der Waals surface area contributed by atoms with Crippen LogP contribution in [0, 0.1) is 5.92 Å². The Bertz CT molecular complexity index is 1700. The lowest BCUT2D eigenvalue weighted by molar-refractivity contribution is -0.135. The zero-order valence-corrected chi connectivity index (χ0v) is 32.3. The van der Waals surface area contributed by atoms with E-state index < -0.39 is 30.3 Å². The first kappa shape index (κ1) is 42.8. The number of fused-ring (bicyclic) bond motifs is 1. The first-order valence-corrected chi connectivity index (χ1v) is 18.9. The molecule has 302 valence electrons. The number of carbonyl (C=O) groups excluding carboxylic acids is 5. The molecule has 0 radical (unpaired) electrons. The summed E-state index contributed by atoms with van der Waals surface area (Å²) in [5.74, 6) is -3.77. The zero-order valence-electron chi connectivity index (χ0n) is 32.3. The zero-order chi connectivity index (χ0) is 40.1. The van der Waals surface area contributed by atoms with Crippen molar-refractivity contribution < 1.29 is 37.5 Å². The monoisotopic (exact) mass is 771 g/mol. The van der Waals surface area contributed by atoms with Gasteiger partial charge in [0.2, 0.25) is 17.7 Å². The number of amides is 4. The number of Topliss-reactive ketones (excluding diaryl/α,β-unsaturated/α-hetero) is 1. The van der Waals surface area contributed by atoms with Crippen LogP contribution in [-0.2, 0) is 19.2 Å². The van der Waals surface area contributed by atoms with Gasteiger partial charge in [-0.05, 0) is 43.5 Å². The van der Waals surface area contributed by atoms with E-state index in [1.54, 1.807) is 55.9 Å². The number of ether oxygens (including phenoxy) is 1. The number of carbonyl (C=O) groups is 5. The fraction of sp³-hybridized carbons (Fsp3) is 0.605. The number of benzene rings is 1. The lowest BCUT2D eigenvalue weighted by Crippen LogP contribution is -2.49. The maximum Gasteiger partial charge on any atom is 0.267 e. The Hall–Kier alpha value is -4.93. The number of nitrogens with two attached hydrogens (primary N) is 1. The first-order valence-electron chi connectivity index (χ1n) is 18.9. The number of likely N-dealkylation sites (tertiary alicyclic amines) is 1. The number of rotatable bonds is 18. The topological polar surface area (TPSA) is 183 Å². The lowest BCUT2D eigenvalue weighted by atomic mass is 9.97. The molecule has 2 saturated heterocycles. The van der Waals surface area contributed by atoms with Crippen molar-refractivity contribution >= 4 is 46.3 Å². The minimum Gasteiger partial charge on any atom is -0.494 e. The third-order valence-corrected chi connectivity index (χ3v) is 9.69. The molecular weight excluding hydrogens is 716 g/mol. The summed E-state index contributed by atoms with van der Waals surface area (Å²) in [6.45, 7) is 6.58. The van der Waals surface area contributed by atoms with Crippen LogP contribution >= 0.6 is 0 Å². The average Bonchev–Trinajstić information content (AvgIpc) is 3.54. The number of halogens is 2. The van der Waals surface area contributed by atoms with Crippen molar-refractivity contribution in [3.05, 3.63) is 36.0 Å². The van der Waals surface area contributed by atoms with Crippen molar-refractivity contribution in [3.63, 3.8) is 0 Å². The average molecular weight is 772 g/mol. The number of hydrogen-bond acceptors (Lipinski definition) is 9. The standard InChI is InChI=1S/C38H55F2N9O6/c1-26(2)35(53)31(7-5-14-43-37(41)46(3)4)45-32(50)10-11-33(51)48-20-18-47(19-21-48)16-6-22-55-27-8-9-30-29(23-27)28(12-15-42-30)36(54)44-24-34(52)49-17-13-38(39,40)25-49/h8-9,12,15,23,26,31H,5-7,10-11,13-14,16-22,24-25H2,1-4H3,(H2,41,43)(H,44,54)(H,45,50)/t31-/m0/s1. The van der Waals surface area contributed by atoms with Crippen molar-refractivity contribution in [2.24, 2.45) is 16.6 Å². The molecule has 4 amide bonds. The van der Waals surface area contributed by atoms with Crippen LogP contribution in [-0.4, -0.2) is 152 Å². The predicted octanol–water partition coefficient (Wildman–Crippen LogP) is 1.89. The molecule has 3 heterocycles. The van der Waals surface area contributed by atoms with Crippen LogP contribution in [0.25, 0.3) is 10.9 Å². The summed E-state index contributed by atoms with van der Waals surface area (Å²) in [6, 6.07) is 6.11. The number of aromatic nitrogens is 1. The second kappa shape index (κ2) is 20.1. The molecule has 0 aliphatic carbocycles. The van der Waals surface area contributed by atoms with Crippen LogP contribution in [0.5, 0.6) is 5.75 Å². The number of nitrogens with zero attached hydrogens (tertiary/aromatic N) is 6.